The molecule has 1 fully saturated rings. The molecular weight excluding hydrogens is 370 g/mol. The first-order chi connectivity index (χ1) is 13.7. The zero-order valence-corrected chi connectivity index (χ0v) is 16.8. The van der Waals surface area contributed by atoms with Crippen molar-refractivity contribution in [1.29, 1.82) is 0 Å². The lowest BCUT2D eigenvalue weighted by Gasteiger charge is -2.37. The Morgan fingerprint density at radius 2 is 2.14 bits per heavy atom. The summed E-state index contributed by atoms with van der Waals surface area (Å²) in [6, 6.07) is 8.39. The highest BCUT2D eigenvalue weighted by molar-refractivity contribution is 7.17. The summed E-state index contributed by atoms with van der Waals surface area (Å²) in [5, 5.41) is 22.5. The minimum Gasteiger partial charge on any atom is -0.396 e. The molecule has 0 radical (unpaired) electrons. The van der Waals surface area contributed by atoms with E-state index in [4.69, 9.17) is 5.11 Å². The van der Waals surface area contributed by atoms with Crippen molar-refractivity contribution in [3.8, 4) is 11.8 Å². The van der Waals surface area contributed by atoms with Crippen LogP contribution in [0.15, 0.2) is 41.8 Å². The van der Waals surface area contributed by atoms with E-state index in [-0.39, 0.29) is 18.6 Å². The molecule has 1 saturated heterocycles. The van der Waals surface area contributed by atoms with Gasteiger partial charge in [-0.2, -0.15) is 0 Å². The van der Waals surface area contributed by atoms with Gasteiger partial charge in [0.2, 0.25) is 5.91 Å². The summed E-state index contributed by atoms with van der Waals surface area (Å²) in [6.07, 6.45) is 7.63. The Balaban J connectivity index is 1.44. The van der Waals surface area contributed by atoms with Crippen molar-refractivity contribution in [3.63, 3.8) is 0 Å². The molecule has 1 aromatic carbocycles. The first kappa shape index (κ1) is 20.6. The Kier molecular flexibility index (Phi) is 7.67. The Morgan fingerprint density at radius 3 is 2.96 bits per heavy atom. The van der Waals surface area contributed by atoms with Gasteiger partial charge in [-0.3, -0.25) is 4.79 Å². The number of unbranched alkanes of at least 4 members (excludes halogenated alkanes) is 2. The van der Waals surface area contributed by atoms with Crippen LogP contribution in [0.5, 0.6) is 0 Å². The molecule has 0 spiro atoms. The van der Waals surface area contributed by atoms with E-state index >= 15 is 0 Å². The Labute approximate surface area is 170 Å². The number of aliphatic hydroxyl groups is 2. The van der Waals surface area contributed by atoms with Crippen LogP contribution in [0, 0.1) is 11.8 Å². The molecule has 2 atom stereocenters. The number of hydrogen-bond donors (Lipinski definition) is 2. The van der Waals surface area contributed by atoms with Crippen LogP contribution >= 0.6 is 11.3 Å². The third-order valence-corrected chi connectivity index (χ3v) is 6.03. The van der Waals surface area contributed by atoms with Gasteiger partial charge in [-0.25, -0.2) is 0 Å². The van der Waals surface area contributed by atoms with E-state index in [1.165, 1.54) is 15.6 Å². The van der Waals surface area contributed by atoms with Gasteiger partial charge in [0.1, 0.15) is 0 Å². The van der Waals surface area contributed by atoms with Gasteiger partial charge in [0, 0.05) is 17.7 Å². The molecule has 0 bridgehead atoms. The molecule has 1 unspecified atom stereocenters. The Hall–Kier alpha value is -2.13. The number of amides is 1. The van der Waals surface area contributed by atoms with E-state index in [9.17, 15) is 9.90 Å². The number of β-lactam (4-membered cyclic amide) rings is 1. The smallest absolute Gasteiger partial charge is 0.226 e. The lowest BCUT2D eigenvalue weighted by molar-refractivity contribution is -0.142. The van der Waals surface area contributed by atoms with Crippen LogP contribution < -0.4 is 0 Å². The quantitative estimate of drug-likeness (QED) is 0.295. The molecule has 0 aliphatic carbocycles. The van der Waals surface area contributed by atoms with Crippen LogP contribution in [0.2, 0.25) is 0 Å². The number of aliphatic hydroxyl groups excluding tert-OH is 2. The fourth-order valence-corrected chi connectivity index (χ4v) is 4.29. The zero-order valence-electron chi connectivity index (χ0n) is 16.0. The van der Waals surface area contributed by atoms with Crippen molar-refractivity contribution in [2.45, 2.75) is 50.7 Å². The molecule has 4 nitrogen and oxygen atoms in total. The number of thiophene rings is 1. The van der Waals surface area contributed by atoms with Gasteiger partial charge in [-0.1, -0.05) is 36.3 Å². The second-order valence-electron chi connectivity index (χ2n) is 7.08. The van der Waals surface area contributed by atoms with Crippen molar-refractivity contribution in [2.24, 2.45) is 0 Å². The highest BCUT2D eigenvalue weighted by Crippen LogP contribution is 2.27. The molecule has 1 aliphatic heterocycles. The fraction of sp³-hybridized carbons (Fsp3) is 0.435. The predicted octanol–water partition coefficient (Wildman–Crippen LogP) is 3.52. The van der Waals surface area contributed by atoms with Gasteiger partial charge in [0.15, 0.2) is 0 Å². The molecule has 1 aromatic heterocycles. The van der Waals surface area contributed by atoms with Gasteiger partial charge in [0.25, 0.3) is 0 Å². The molecule has 148 valence electrons. The number of hydrogen-bond acceptors (Lipinski definition) is 4. The number of likely N-dealkylation sites (tertiary alicyclic amines) is 1. The maximum absolute atomic E-state index is 11.8. The summed E-state index contributed by atoms with van der Waals surface area (Å²) in [4.78, 5) is 13.5. The molecule has 1 amide bonds. The number of rotatable bonds is 9. The largest absolute Gasteiger partial charge is 0.396 e. The minimum atomic E-state index is -0.513. The third-order valence-electron chi connectivity index (χ3n) is 5.01. The molecule has 2 N–H and O–H groups in total. The highest BCUT2D eigenvalue weighted by atomic mass is 32.1. The second kappa shape index (κ2) is 10.4. The standard InChI is InChI=1S/C23H27NO3S/c25-15-7-3-1-2-6-14-24-19(16-23(24)27)11-13-20(26)12-10-18-17-28-22-9-5-4-8-21(18)22/h4-5,8-9,11,13,17,19-20,25-26H,1,3,7,10,12,14-16H2/t19-,20?/m0/s1. The van der Waals surface area contributed by atoms with Gasteiger partial charge in [-0.05, 0) is 48.1 Å². The summed E-state index contributed by atoms with van der Waals surface area (Å²) in [7, 11) is 0. The number of nitrogens with zero attached hydrogens (tertiary/aromatic N) is 1. The number of benzene rings is 1. The Bertz CT molecular complexity index is 877. The molecule has 28 heavy (non-hydrogen) atoms. The van der Waals surface area contributed by atoms with Gasteiger partial charge < -0.3 is 15.1 Å². The lowest BCUT2D eigenvalue weighted by Crippen LogP contribution is -2.51. The lowest BCUT2D eigenvalue weighted by atomic mass is 9.99. The first-order valence-electron chi connectivity index (χ1n) is 9.86. The minimum absolute atomic E-state index is 0.0378. The summed E-state index contributed by atoms with van der Waals surface area (Å²) in [5.41, 5.74) is 1.28. The molecule has 0 saturated carbocycles. The number of carbonyl (C=O) groups is 1. The molecule has 2 heterocycles. The molecular formula is C23H27NO3S. The average Bonchev–Trinajstić information content (AvgIpc) is 3.12. The summed E-state index contributed by atoms with van der Waals surface area (Å²) >= 11 is 1.74. The van der Waals surface area contributed by atoms with Crippen LogP contribution in [0.1, 0.15) is 37.7 Å². The van der Waals surface area contributed by atoms with Crippen molar-refractivity contribution < 1.29 is 15.0 Å². The zero-order chi connectivity index (χ0) is 19.8. The molecule has 3 rings (SSSR count). The van der Waals surface area contributed by atoms with Crippen LogP contribution in [0.25, 0.3) is 10.1 Å². The van der Waals surface area contributed by atoms with Crippen molar-refractivity contribution in [1.82, 2.24) is 4.90 Å². The predicted molar refractivity (Wildman–Crippen MR) is 114 cm³/mol. The van der Waals surface area contributed by atoms with Crippen LogP contribution in [0.3, 0.4) is 0 Å². The number of fused-ring (bicyclic) bond motifs is 1. The monoisotopic (exact) mass is 397 g/mol. The van der Waals surface area contributed by atoms with Crippen LogP contribution in [-0.4, -0.2) is 46.3 Å². The SMILES string of the molecule is O=C1C[C@H](C=CC(O)CCc2csc3ccccc23)N1CC#CCCCCO. The van der Waals surface area contributed by atoms with E-state index in [2.05, 4.69) is 29.4 Å². The second-order valence-corrected chi connectivity index (χ2v) is 7.99. The van der Waals surface area contributed by atoms with Crippen LogP contribution in [-0.2, 0) is 11.2 Å². The van der Waals surface area contributed by atoms with E-state index < -0.39 is 6.10 Å². The highest BCUT2D eigenvalue weighted by Gasteiger charge is 2.33. The third kappa shape index (κ3) is 5.45. The summed E-state index contributed by atoms with van der Waals surface area (Å²) in [6.45, 7) is 0.633. The maximum atomic E-state index is 11.8. The van der Waals surface area contributed by atoms with Crippen molar-refractivity contribution in [2.75, 3.05) is 13.2 Å². The Morgan fingerprint density at radius 1 is 1.29 bits per heavy atom. The van der Waals surface area contributed by atoms with Crippen LogP contribution in [0.4, 0.5) is 0 Å². The molecule has 1 aliphatic rings. The maximum Gasteiger partial charge on any atom is 0.226 e. The van der Waals surface area contributed by atoms with Crippen molar-refractivity contribution in [3.05, 3.63) is 47.4 Å². The van der Waals surface area contributed by atoms with E-state index in [0.717, 1.165) is 25.7 Å². The normalized spacial score (nSPS) is 17.6. The fourth-order valence-electron chi connectivity index (χ4n) is 3.29. The summed E-state index contributed by atoms with van der Waals surface area (Å²) < 4.78 is 1.28. The topological polar surface area (TPSA) is 60.8 Å². The van der Waals surface area contributed by atoms with E-state index in [0.29, 0.717) is 19.4 Å². The van der Waals surface area contributed by atoms with Crippen molar-refractivity contribution >= 4 is 27.3 Å². The van der Waals surface area contributed by atoms with Gasteiger partial charge in [0.05, 0.1) is 25.1 Å². The number of aryl methyl sites for hydroxylation is 1. The van der Waals surface area contributed by atoms with E-state index in [1.54, 1.807) is 16.2 Å². The molecule has 5 heteroatoms. The van der Waals surface area contributed by atoms with Gasteiger partial charge >= 0.3 is 0 Å². The number of carbonyl (C=O) groups excluding carboxylic acids is 1. The molecule has 2 aromatic rings. The van der Waals surface area contributed by atoms with E-state index in [1.807, 2.05) is 24.3 Å². The first-order valence-corrected chi connectivity index (χ1v) is 10.7. The average molecular weight is 398 g/mol. The van der Waals surface area contributed by atoms with Gasteiger partial charge in [-0.15, -0.1) is 17.3 Å². The summed E-state index contributed by atoms with van der Waals surface area (Å²) in [5.74, 6) is 6.19.